The molecule has 0 aromatic heterocycles. The largest absolute Gasteiger partial charge is 0.314 e. The molecule has 1 nitrogen and oxygen atoms in total. The minimum atomic E-state index is 0.750. The van der Waals surface area contributed by atoms with Crippen LogP contribution in [0.1, 0.15) is 73.1 Å². The summed E-state index contributed by atoms with van der Waals surface area (Å²) in [7, 11) is 0. The highest BCUT2D eigenvalue weighted by Crippen LogP contribution is 2.23. The number of nitrogens with one attached hydrogen (secondary N) is 1. The van der Waals surface area contributed by atoms with Gasteiger partial charge in [0.2, 0.25) is 0 Å². The number of hydrogen-bond donors (Lipinski definition) is 1. The number of hydrogen-bond acceptors (Lipinski definition) is 1. The zero-order chi connectivity index (χ0) is 12.4. The predicted molar refractivity (Wildman–Crippen MR) is 74.8 cm³/mol. The van der Waals surface area contributed by atoms with Gasteiger partial charge in [0.15, 0.2) is 0 Å². The molecule has 0 aliphatic rings. The quantitative estimate of drug-likeness (QED) is 0.574. The first-order valence-electron chi connectivity index (χ1n) is 7.46. The molecule has 0 aromatic rings. The van der Waals surface area contributed by atoms with Crippen LogP contribution < -0.4 is 5.32 Å². The first-order valence-corrected chi connectivity index (χ1v) is 7.46. The van der Waals surface area contributed by atoms with Crippen LogP contribution in [0.3, 0.4) is 0 Å². The Morgan fingerprint density at radius 2 is 1.38 bits per heavy atom. The highest BCUT2D eigenvalue weighted by atomic mass is 14.9. The van der Waals surface area contributed by atoms with Crippen molar-refractivity contribution >= 4 is 0 Å². The smallest absolute Gasteiger partial charge is 0.00977 e. The third-order valence-corrected chi connectivity index (χ3v) is 4.02. The van der Waals surface area contributed by atoms with Crippen molar-refractivity contribution in [2.45, 2.75) is 79.2 Å². The maximum atomic E-state index is 3.77. The lowest BCUT2D eigenvalue weighted by molar-refractivity contribution is 0.270. The second-order valence-corrected chi connectivity index (χ2v) is 5.06. The van der Waals surface area contributed by atoms with Crippen molar-refractivity contribution in [2.24, 2.45) is 11.8 Å². The molecule has 0 saturated carbocycles. The molecule has 0 aliphatic heterocycles. The third-order valence-electron chi connectivity index (χ3n) is 4.02. The highest BCUT2D eigenvalue weighted by Gasteiger charge is 2.20. The standard InChI is InChI=1S/C15H33N/c1-6-11-16-15(14(9-4)10-5)12-13(7-2)8-3/h13-16H,6-12H2,1-5H3. The molecule has 0 radical (unpaired) electrons. The molecule has 0 heterocycles. The Bertz CT molecular complexity index is 136. The minimum Gasteiger partial charge on any atom is -0.314 e. The van der Waals surface area contributed by atoms with Gasteiger partial charge >= 0.3 is 0 Å². The van der Waals surface area contributed by atoms with Crippen molar-refractivity contribution in [3.63, 3.8) is 0 Å². The number of rotatable bonds is 10. The second kappa shape index (κ2) is 10.1. The molecule has 1 atom stereocenters. The van der Waals surface area contributed by atoms with E-state index in [4.69, 9.17) is 0 Å². The van der Waals surface area contributed by atoms with E-state index in [-0.39, 0.29) is 0 Å². The van der Waals surface area contributed by atoms with Crippen LogP contribution in [0.15, 0.2) is 0 Å². The molecular weight excluding hydrogens is 194 g/mol. The lowest BCUT2D eigenvalue weighted by Gasteiger charge is -2.29. The van der Waals surface area contributed by atoms with Gasteiger partial charge < -0.3 is 5.32 Å². The monoisotopic (exact) mass is 227 g/mol. The molecule has 0 saturated heterocycles. The molecule has 1 heteroatoms. The van der Waals surface area contributed by atoms with Crippen molar-refractivity contribution in [3.05, 3.63) is 0 Å². The van der Waals surface area contributed by atoms with Crippen molar-refractivity contribution in [3.8, 4) is 0 Å². The summed E-state index contributed by atoms with van der Waals surface area (Å²) in [6.07, 6.45) is 7.93. The van der Waals surface area contributed by atoms with Crippen LogP contribution in [0.4, 0.5) is 0 Å². The predicted octanol–water partition coefficient (Wildman–Crippen LogP) is 4.62. The summed E-state index contributed by atoms with van der Waals surface area (Å²) in [5, 5.41) is 3.77. The molecule has 16 heavy (non-hydrogen) atoms. The van der Waals surface area contributed by atoms with E-state index in [2.05, 4.69) is 39.9 Å². The molecule has 0 aliphatic carbocycles. The molecule has 1 unspecified atom stereocenters. The van der Waals surface area contributed by atoms with E-state index in [1.165, 1.54) is 45.1 Å². The molecule has 0 spiro atoms. The van der Waals surface area contributed by atoms with Gasteiger partial charge in [0.25, 0.3) is 0 Å². The van der Waals surface area contributed by atoms with E-state index < -0.39 is 0 Å². The fourth-order valence-electron chi connectivity index (χ4n) is 2.61. The Labute approximate surface area is 103 Å². The Hall–Kier alpha value is -0.0400. The second-order valence-electron chi connectivity index (χ2n) is 5.06. The summed E-state index contributed by atoms with van der Waals surface area (Å²) in [6.45, 7) is 12.8. The van der Waals surface area contributed by atoms with Crippen LogP contribution in [0.25, 0.3) is 0 Å². The van der Waals surface area contributed by atoms with Gasteiger partial charge in [0.1, 0.15) is 0 Å². The summed E-state index contributed by atoms with van der Waals surface area (Å²) in [6, 6.07) is 0.750. The Morgan fingerprint density at radius 3 is 1.75 bits per heavy atom. The Balaban J connectivity index is 4.27. The van der Waals surface area contributed by atoms with E-state index in [1.54, 1.807) is 0 Å². The van der Waals surface area contributed by atoms with Gasteiger partial charge in [0.05, 0.1) is 0 Å². The van der Waals surface area contributed by atoms with Gasteiger partial charge in [-0.2, -0.15) is 0 Å². The lowest BCUT2D eigenvalue weighted by Crippen LogP contribution is -2.38. The topological polar surface area (TPSA) is 12.0 Å². The molecule has 0 aromatic carbocycles. The van der Waals surface area contributed by atoms with E-state index in [9.17, 15) is 0 Å². The summed E-state index contributed by atoms with van der Waals surface area (Å²) in [5.74, 6) is 1.78. The van der Waals surface area contributed by atoms with Crippen LogP contribution in [0, 0.1) is 11.8 Å². The average Bonchev–Trinajstić information content (AvgIpc) is 2.33. The lowest BCUT2D eigenvalue weighted by atomic mass is 9.85. The van der Waals surface area contributed by atoms with Crippen LogP contribution in [0.2, 0.25) is 0 Å². The van der Waals surface area contributed by atoms with Crippen LogP contribution in [-0.2, 0) is 0 Å². The van der Waals surface area contributed by atoms with Gasteiger partial charge in [-0.15, -0.1) is 0 Å². The van der Waals surface area contributed by atoms with Gasteiger partial charge in [-0.05, 0) is 31.2 Å². The zero-order valence-electron chi connectivity index (χ0n) is 12.2. The van der Waals surface area contributed by atoms with Crippen molar-refractivity contribution in [2.75, 3.05) is 6.54 Å². The summed E-state index contributed by atoms with van der Waals surface area (Å²) in [5.41, 5.74) is 0. The van der Waals surface area contributed by atoms with Crippen molar-refractivity contribution in [1.29, 1.82) is 0 Å². The molecule has 1 N–H and O–H groups in total. The molecule has 0 amide bonds. The molecule has 0 rings (SSSR count). The Morgan fingerprint density at radius 1 is 0.812 bits per heavy atom. The van der Waals surface area contributed by atoms with E-state index >= 15 is 0 Å². The van der Waals surface area contributed by atoms with Gasteiger partial charge in [-0.3, -0.25) is 0 Å². The van der Waals surface area contributed by atoms with Gasteiger partial charge in [0, 0.05) is 6.04 Å². The molecule has 98 valence electrons. The van der Waals surface area contributed by atoms with E-state index in [1.807, 2.05) is 0 Å². The van der Waals surface area contributed by atoms with Gasteiger partial charge in [-0.25, -0.2) is 0 Å². The first-order chi connectivity index (χ1) is 7.73. The normalized spacial score (nSPS) is 13.7. The molecule has 0 bridgehead atoms. The maximum Gasteiger partial charge on any atom is 0.00977 e. The third kappa shape index (κ3) is 5.89. The first kappa shape index (κ1) is 16.0. The maximum absolute atomic E-state index is 3.77. The van der Waals surface area contributed by atoms with Crippen LogP contribution in [0.5, 0.6) is 0 Å². The fourth-order valence-corrected chi connectivity index (χ4v) is 2.61. The van der Waals surface area contributed by atoms with Crippen LogP contribution in [-0.4, -0.2) is 12.6 Å². The van der Waals surface area contributed by atoms with E-state index in [0.717, 1.165) is 17.9 Å². The fraction of sp³-hybridized carbons (Fsp3) is 1.00. The van der Waals surface area contributed by atoms with Gasteiger partial charge in [-0.1, -0.05) is 60.3 Å². The Kier molecular flexibility index (Phi) is 10.1. The zero-order valence-corrected chi connectivity index (χ0v) is 12.2. The van der Waals surface area contributed by atoms with Crippen molar-refractivity contribution in [1.82, 2.24) is 5.32 Å². The summed E-state index contributed by atoms with van der Waals surface area (Å²) in [4.78, 5) is 0. The van der Waals surface area contributed by atoms with Crippen molar-refractivity contribution < 1.29 is 0 Å². The van der Waals surface area contributed by atoms with Crippen LogP contribution >= 0.6 is 0 Å². The van der Waals surface area contributed by atoms with E-state index in [0.29, 0.717) is 0 Å². The SMILES string of the molecule is CCCNC(CC(CC)CC)C(CC)CC. The average molecular weight is 227 g/mol. The molecule has 0 fully saturated rings. The summed E-state index contributed by atoms with van der Waals surface area (Å²) >= 11 is 0. The summed E-state index contributed by atoms with van der Waals surface area (Å²) < 4.78 is 0. The molecular formula is C15H33N. The minimum absolute atomic E-state index is 0.750. The highest BCUT2D eigenvalue weighted by molar-refractivity contribution is 4.77.